The van der Waals surface area contributed by atoms with Crippen LogP contribution in [-0.2, 0) is 0 Å². The summed E-state index contributed by atoms with van der Waals surface area (Å²) < 4.78 is 60.2. The third-order valence-corrected chi connectivity index (χ3v) is 5.63. The van der Waals surface area contributed by atoms with Gasteiger partial charge in [0.15, 0.2) is 5.76 Å². The summed E-state index contributed by atoms with van der Waals surface area (Å²) in [7, 11) is 1.87. The van der Waals surface area contributed by atoms with E-state index >= 15 is 0 Å². The molecule has 1 aliphatic rings. The molecule has 0 unspecified atom stereocenters. The fourth-order valence-electron chi connectivity index (χ4n) is 3.84. The first-order valence-electron chi connectivity index (χ1n) is 10.2. The molecule has 1 aromatic carbocycles. The van der Waals surface area contributed by atoms with E-state index in [4.69, 9.17) is 4.52 Å². The first-order chi connectivity index (χ1) is 15.1. The van der Waals surface area contributed by atoms with E-state index in [-0.39, 0.29) is 28.5 Å². The largest absolute Gasteiger partial charge is 0.534 e. The minimum atomic E-state index is -4.65. The number of benzene rings is 1. The fourth-order valence-corrected chi connectivity index (χ4v) is 3.84. The third-order valence-electron chi connectivity index (χ3n) is 5.63. The quantitative estimate of drug-likeness (QED) is 0.275. The molecular weight excluding hydrogens is 686 g/mol. The normalized spacial score (nSPS) is 19.3. The Labute approximate surface area is 183 Å². The summed E-state index contributed by atoms with van der Waals surface area (Å²) in [4.78, 5) is 6.14. The van der Waals surface area contributed by atoms with Crippen molar-refractivity contribution in [1.29, 1.82) is 0 Å². The first kappa shape index (κ1) is 23.7. The monoisotopic (exact) mass is 709 g/mol. The molecule has 0 spiro atoms. The Hall–Kier alpha value is -3.94. The van der Waals surface area contributed by atoms with Crippen LogP contribution in [0.3, 0.4) is 0 Å². The zero-order valence-corrected chi connectivity index (χ0v) is 20.1. The first-order valence-corrected chi connectivity index (χ1v) is 10.2. The molecule has 0 amide bonds. The second-order valence-electron chi connectivity index (χ2n) is 8.11. The number of alkyl halides is 4. The van der Waals surface area contributed by atoms with Gasteiger partial charge in [-0.3, -0.25) is 0 Å². The zero-order chi connectivity index (χ0) is 23.0. The molecule has 1 aliphatic heterocycles. The van der Waals surface area contributed by atoms with E-state index in [1.807, 2.05) is 11.9 Å². The molecule has 5 nitrogen and oxygen atoms in total. The summed E-state index contributed by atoms with van der Waals surface area (Å²) in [6, 6.07) is 8.16. The standard InChI is InChI=1S/C23H23F4N4O.Lr/c1-13-9-21(32-30-13)20-10-17-16(22(29-20)14(2)23(25,26)27)5-4-6-19(17)28-11-15-7-8-31(3)12-18(15)24;/h4-6,9-11,15,18,28H,2,7-8,12H2,1,3H3;/q-1;/t15-,18-;/m0./s1. The summed E-state index contributed by atoms with van der Waals surface area (Å²) in [5, 5.41) is 7.70. The number of piperidine rings is 1. The Kier molecular flexibility index (Phi) is 6.39. The molecule has 1 fully saturated rings. The Morgan fingerprint density at radius 1 is 1.27 bits per heavy atom. The molecule has 1 N–H and O–H groups in total. The van der Waals surface area contributed by atoms with Crippen LogP contribution in [0.15, 0.2) is 41.4 Å². The van der Waals surface area contributed by atoms with Gasteiger partial charge < -0.3 is 14.7 Å². The average molecular weight is 709 g/mol. The minimum absolute atomic E-state index is 0. The number of allylic oxidation sites excluding steroid dienone is 1. The van der Waals surface area contributed by atoms with Crippen molar-refractivity contribution < 1.29 is 22.1 Å². The number of likely N-dealkylation sites (tertiary alicyclic amines) is 1. The van der Waals surface area contributed by atoms with Gasteiger partial charge in [-0.25, -0.2) is 15.9 Å². The number of aryl methyl sites for hydroxylation is 1. The van der Waals surface area contributed by atoms with Crippen molar-refractivity contribution in [3.8, 4) is 11.5 Å². The molecule has 2 aromatic heterocycles. The number of anilines is 1. The molecule has 2 atom stereocenters. The van der Waals surface area contributed by atoms with Crippen molar-refractivity contribution in [2.75, 3.05) is 25.5 Å². The van der Waals surface area contributed by atoms with Gasteiger partial charge in [0.1, 0.15) is 5.69 Å². The molecule has 3 heterocycles. The summed E-state index contributed by atoms with van der Waals surface area (Å²) in [5.74, 6) is -0.0529. The van der Waals surface area contributed by atoms with Crippen molar-refractivity contribution in [1.82, 2.24) is 15.0 Å². The van der Waals surface area contributed by atoms with E-state index in [0.29, 0.717) is 29.7 Å². The van der Waals surface area contributed by atoms with Crippen LogP contribution < -0.4 is 5.32 Å². The van der Waals surface area contributed by atoms with Crippen LogP contribution in [0, 0.1) is 19.4 Å². The van der Waals surface area contributed by atoms with Gasteiger partial charge in [-0.05, 0) is 32.6 Å². The minimum Gasteiger partial charge on any atom is -0.534 e. The van der Waals surface area contributed by atoms with Crippen LogP contribution >= 0.6 is 0 Å². The molecule has 0 bridgehead atoms. The van der Waals surface area contributed by atoms with E-state index in [1.54, 1.807) is 43.8 Å². The summed E-state index contributed by atoms with van der Waals surface area (Å²) in [6.45, 7) is 7.74. The van der Waals surface area contributed by atoms with Gasteiger partial charge in [0.25, 0.3) is 0 Å². The van der Waals surface area contributed by atoms with Crippen LogP contribution in [0.2, 0.25) is 0 Å². The number of nitrogens with one attached hydrogen (secondary N) is 1. The molecule has 0 aliphatic carbocycles. The summed E-state index contributed by atoms with van der Waals surface area (Å²) in [6.07, 6.45) is -5.03. The van der Waals surface area contributed by atoms with E-state index in [0.717, 1.165) is 6.54 Å². The zero-order valence-electron chi connectivity index (χ0n) is 18.0. The number of rotatable bonds is 5. The van der Waals surface area contributed by atoms with Gasteiger partial charge in [0, 0.05) is 29.1 Å². The van der Waals surface area contributed by atoms with Crippen LogP contribution in [0.1, 0.15) is 17.8 Å². The summed E-state index contributed by atoms with van der Waals surface area (Å²) in [5.41, 5.74) is -0.0135. The number of aromatic nitrogens is 2. The Balaban J connectivity index is 0.00000306. The van der Waals surface area contributed by atoms with Gasteiger partial charge in [0.05, 0.1) is 23.1 Å². The Bertz CT molecular complexity index is 1150. The van der Waals surface area contributed by atoms with Gasteiger partial charge in [-0.2, -0.15) is 13.2 Å². The molecule has 10 heteroatoms. The molecule has 4 rings (SSSR count). The maximum atomic E-state index is 14.4. The van der Waals surface area contributed by atoms with Gasteiger partial charge in [-0.15, -0.1) is 5.92 Å². The smallest absolute Gasteiger partial charge is 0.417 e. The van der Waals surface area contributed by atoms with Crippen LogP contribution in [-0.4, -0.2) is 47.5 Å². The average Bonchev–Trinajstić information content (AvgIpc) is 3.17. The molecule has 0 saturated carbocycles. The number of pyridine rings is 1. The predicted molar refractivity (Wildman–Crippen MR) is 115 cm³/mol. The fraction of sp³-hybridized carbons (Fsp3) is 0.348. The Morgan fingerprint density at radius 2 is 2.03 bits per heavy atom. The van der Waals surface area contributed by atoms with Crippen LogP contribution in [0.25, 0.3) is 27.8 Å². The summed E-state index contributed by atoms with van der Waals surface area (Å²) >= 11 is 0. The van der Waals surface area contributed by atoms with E-state index < -0.39 is 17.9 Å². The maximum absolute atomic E-state index is 14.4. The van der Waals surface area contributed by atoms with Crippen molar-refractivity contribution in [3.63, 3.8) is 0 Å². The van der Waals surface area contributed by atoms with E-state index in [9.17, 15) is 17.6 Å². The van der Waals surface area contributed by atoms with Gasteiger partial charge in [0.2, 0.25) is 0 Å². The Morgan fingerprint density at radius 3 is 2.67 bits per heavy atom. The molecule has 33 heavy (non-hydrogen) atoms. The SMILES string of the molecule is C=C(c1nc(-c2cc(C)no2)cc2c(N[CH-][C@@H]3CCN(C)C[C@@H]3F)cccc12)C(F)(F)F.[Lr]. The van der Waals surface area contributed by atoms with Crippen molar-refractivity contribution in [2.24, 2.45) is 5.92 Å². The van der Waals surface area contributed by atoms with E-state index in [2.05, 4.69) is 22.0 Å². The topological polar surface area (TPSA) is 54.2 Å². The van der Waals surface area contributed by atoms with Crippen molar-refractivity contribution >= 4 is 22.0 Å². The maximum Gasteiger partial charge on any atom is 0.417 e. The number of nitrogens with zero attached hydrogens (tertiary/aromatic N) is 3. The second-order valence-corrected chi connectivity index (χ2v) is 8.11. The van der Waals surface area contributed by atoms with Gasteiger partial charge >= 0.3 is 6.18 Å². The molecule has 1 radical (unpaired) electrons. The van der Waals surface area contributed by atoms with Crippen molar-refractivity contribution in [3.05, 3.63) is 54.8 Å². The molecule has 3 aromatic rings. The molecule has 185 valence electrons. The van der Waals surface area contributed by atoms with Gasteiger partial charge in [-0.1, -0.05) is 30.3 Å². The number of hydrogen-bond donors (Lipinski definition) is 1. The van der Waals surface area contributed by atoms with Crippen LogP contribution in [0.4, 0.5) is 23.2 Å². The van der Waals surface area contributed by atoms with Crippen LogP contribution in [0.5, 0.6) is 0 Å². The van der Waals surface area contributed by atoms with Crippen molar-refractivity contribution in [2.45, 2.75) is 25.7 Å². The number of halogens is 4. The molecule has 1 saturated heterocycles. The second kappa shape index (κ2) is 8.90. The number of hydrogen-bond acceptors (Lipinski definition) is 5. The van der Waals surface area contributed by atoms with E-state index in [1.165, 1.54) is 0 Å². The third kappa shape index (κ3) is 4.79. The molecular formula is C23H23F4LrN4O-. The number of fused-ring (bicyclic) bond motifs is 1. The predicted octanol–water partition coefficient (Wildman–Crippen LogP) is 5.64.